The van der Waals surface area contributed by atoms with E-state index in [-0.39, 0.29) is 10.6 Å². The minimum Gasteiger partial charge on any atom is -0.319 e. The van der Waals surface area contributed by atoms with Gasteiger partial charge in [-0.15, -0.1) is 0 Å². The summed E-state index contributed by atoms with van der Waals surface area (Å²) in [6.07, 6.45) is 3.65. The molecule has 2 aromatic heterocycles. The Labute approximate surface area is 125 Å². The first kappa shape index (κ1) is 13.6. The number of nitrogens with one attached hydrogen (secondary N) is 1. The van der Waals surface area contributed by atoms with Crippen molar-refractivity contribution in [3.05, 3.63) is 64.8 Å². The third-order valence-corrected chi connectivity index (χ3v) is 3.36. The van der Waals surface area contributed by atoms with Crippen molar-refractivity contribution in [1.82, 2.24) is 9.38 Å². The van der Waals surface area contributed by atoms with Crippen molar-refractivity contribution in [2.24, 2.45) is 0 Å². The standard InChI is InChI=1S/C15H11ClFN3O/c1-9-8-20-7-3-6-12(14(20)18-9)19-15(21)13-10(16)4-2-5-11(13)17/h2-8H,1H3,(H,19,21). The maximum atomic E-state index is 13.8. The monoisotopic (exact) mass is 303 g/mol. The van der Waals surface area contributed by atoms with Crippen molar-refractivity contribution >= 4 is 28.8 Å². The number of carbonyl (C=O) groups is 1. The van der Waals surface area contributed by atoms with Crippen molar-refractivity contribution in [2.75, 3.05) is 5.32 Å². The minimum atomic E-state index is -0.661. The molecular weight excluding hydrogens is 293 g/mol. The zero-order valence-electron chi connectivity index (χ0n) is 11.1. The first-order valence-corrected chi connectivity index (χ1v) is 6.64. The number of pyridine rings is 1. The zero-order chi connectivity index (χ0) is 15.0. The molecule has 0 aliphatic rings. The number of fused-ring (bicyclic) bond motifs is 1. The molecule has 0 saturated carbocycles. The van der Waals surface area contributed by atoms with E-state index in [1.807, 2.05) is 19.3 Å². The van der Waals surface area contributed by atoms with Gasteiger partial charge in [0.25, 0.3) is 5.91 Å². The van der Waals surface area contributed by atoms with Gasteiger partial charge in [-0.3, -0.25) is 4.79 Å². The lowest BCUT2D eigenvalue weighted by Gasteiger charge is -2.08. The SMILES string of the molecule is Cc1cn2cccc(NC(=O)c3c(F)cccc3Cl)c2n1. The highest BCUT2D eigenvalue weighted by Crippen LogP contribution is 2.22. The Morgan fingerprint density at radius 1 is 1.33 bits per heavy atom. The third kappa shape index (κ3) is 2.48. The lowest BCUT2D eigenvalue weighted by molar-refractivity contribution is 0.102. The first-order valence-electron chi connectivity index (χ1n) is 6.26. The van der Waals surface area contributed by atoms with Crippen LogP contribution in [-0.4, -0.2) is 15.3 Å². The van der Waals surface area contributed by atoms with E-state index < -0.39 is 11.7 Å². The van der Waals surface area contributed by atoms with Gasteiger partial charge in [-0.1, -0.05) is 17.7 Å². The Bertz CT molecular complexity index is 824. The number of imidazole rings is 1. The van der Waals surface area contributed by atoms with Crippen LogP contribution in [0.3, 0.4) is 0 Å². The quantitative estimate of drug-likeness (QED) is 0.785. The van der Waals surface area contributed by atoms with Crippen LogP contribution in [0.4, 0.5) is 10.1 Å². The summed E-state index contributed by atoms with van der Waals surface area (Å²) in [5, 5.41) is 2.72. The van der Waals surface area contributed by atoms with Gasteiger partial charge >= 0.3 is 0 Å². The number of amides is 1. The average molecular weight is 304 g/mol. The number of hydrogen-bond acceptors (Lipinski definition) is 2. The maximum Gasteiger partial charge on any atom is 0.260 e. The summed E-state index contributed by atoms with van der Waals surface area (Å²) in [6, 6.07) is 7.59. The average Bonchev–Trinajstić information content (AvgIpc) is 2.80. The van der Waals surface area contributed by atoms with Crippen LogP contribution in [0.1, 0.15) is 16.1 Å². The molecule has 0 aliphatic heterocycles. The van der Waals surface area contributed by atoms with Crippen LogP contribution in [-0.2, 0) is 0 Å². The number of nitrogens with zero attached hydrogens (tertiary/aromatic N) is 2. The minimum absolute atomic E-state index is 0.0685. The summed E-state index contributed by atoms with van der Waals surface area (Å²) < 4.78 is 15.5. The fourth-order valence-electron chi connectivity index (χ4n) is 2.13. The second-order valence-electron chi connectivity index (χ2n) is 4.59. The Hall–Kier alpha value is -2.40. The molecule has 0 saturated heterocycles. The normalized spacial score (nSPS) is 10.8. The topological polar surface area (TPSA) is 46.4 Å². The molecule has 2 heterocycles. The lowest BCUT2D eigenvalue weighted by atomic mass is 10.2. The van der Waals surface area contributed by atoms with Crippen molar-refractivity contribution < 1.29 is 9.18 Å². The van der Waals surface area contributed by atoms with E-state index in [0.717, 1.165) is 5.69 Å². The van der Waals surface area contributed by atoms with E-state index in [1.165, 1.54) is 18.2 Å². The molecule has 0 bridgehead atoms. The summed E-state index contributed by atoms with van der Waals surface area (Å²) in [5.74, 6) is -1.27. The van der Waals surface area contributed by atoms with Gasteiger partial charge in [0.2, 0.25) is 0 Å². The molecule has 21 heavy (non-hydrogen) atoms. The van der Waals surface area contributed by atoms with Crippen LogP contribution >= 0.6 is 11.6 Å². The Balaban J connectivity index is 2.00. The molecule has 0 atom stereocenters. The number of rotatable bonds is 2. The molecule has 0 unspecified atom stereocenters. The lowest BCUT2D eigenvalue weighted by Crippen LogP contribution is -2.15. The van der Waals surface area contributed by atoms with Gasteiger partial charge in [0, 0.05) is 12.4 Å². The molecule has 106 valence electrons. The van der Waals surface area contributed by atoms with Crippen LogP contribution < -0.4 is 5.32 Å². The van der Waals surface area contributed by atoms with Gasteiger partial charge in [-0.2, -0.15) is 0 Å². The number of carbonyl (C=O) groups excluding carboxylic acids is 1. The predicted octanol–water partition coefficient (Wildman–Crippen LogP) is 3.69. The fourth-order valence-corrected chi connectivity index (χ4v) is 2.38. The molecular formula is C15H11ClFN3O. The number of hydrogen-bond donors (Lipinski definition) is 1. The van der Waals surface area contributed by atoms with Gasteiger partial charge in [0.1, 0.15) is 5.82 Å². The number of anilines is 1. The van der Waals surface area contributed by atoms with Crippen LogP contribution in [0.15, 0.2) is 42.7 Å². The van der Waals surface area contributed by atoms with E-state index in [1.54, 1.807) is 16.5 Å². The van der Waals surface area contributed by atoms with E-state index in [2.05, 4.69) is 10.3 Å². The zero-order valence-corrected chi connectivity index (χ0v) is 11.9. The Morgan fingerprint density at radius 2 is 2.14 bits per heavy atom. The van der Waals surface area contributed by atoms with Gasteiger partial charge in [0.05, 0.1) is 22.0 Å². The molecule has 3 aromatic rings. The highest BCUT2D eigenvalue weighted by atomic mass is 35.5. The van der Waals surface area contributed by atoms with Crippen molar-refractivity contribution in [2.45, 2.75) is 6.92 Å². The molecule has 6 heteroatoms. The van der Waals surface area contributed by atoms with E-state index >= 15 is 0 Å². The highest BCUT2D eigenvalue weighted by Gasteiger charge is 2.17. The van der Waals surface area contributed by atoms with E-state index in [9.17, 15) is 9.18 Å². The molecule has 1 aromatic carbocycles. The number of benzene rings is 1. The summed E-state index contributed by atoms with van der Waals surface area (Å²) in [6.45, 7) is 1.85. The Kier molecular flexibility index (Phi) is 3.35. The fraction of sp³-hybridized carbons (Fsp3) is 0.0667. The molecule has 0 radical (unpaired) electrons. The van der Waals surface area contributed by atoms with Crippen molar-refractivity contribution in [3.8, 4) is 0 Å². The summed E-state index contributed by atoms with van der Waals surface area (Å²) >= 11 is 5.89. The van der Waals surface area contributed by atoms with Gasteiger partial charge in [0.15, 0.2) is 5.65 Å². The maximum absolute atomic E-state index is 13.8. The molecule has 0 aliphatic carbocycles. The highest BCUT2D eigenvalue weighted by molar-refractivity contribution is 6.34. The van der Waals surface area contributed by atoms with Crippen LogP contribution in [0.5, 0.6) is 0 Å². The van der Waals surface area contributed by atoms with Gasteiger partial charge in [-0.05, 0) is 31.2 Å². The predicted molar refractivity (Wildman–Crippen MR) is 79.3 cm³/mol. The van der Waals surface area contributed by atoms with E-state index in [0.29, 0.717) is 11.3 Å². The summed E-state index contributed by atoms with van der Waals surface area (Å²) in [4.78, 5) is 16.6. The molecule has 4 nitrogen and oxygen atoms in total. The van der Waals surface area contributed by atoms with Gasteiger partial charge < -0.3 is 9.72 Å². The first-order chi connectivity index (χ1) is 10.1. The number of halogens is 2. The van der Waals surface area contributed by atoms with Crippen LogP contribution in [0, 0.1) is 12.7 Å². The van der Waals surface area contributed by atoms with Crippen molar-refractivity contribution in [1.29, 1.82) is 0 Å². The molecule has 3 rings (SSSR count). The van der Waals surface area contributed by atoms with Crippen molar-refractivity contribution in [3.63, 3.8) is 0 Å². The molecule has 0 fully saturated rings. The second-order valence-corrected chi connectivity index (χ2v) is 4.99. The molecule has 0 spiro atoms. The number of aryl methyl sites for hydroxylation is 1. The summed E-state index contributed by atoms with van der Waals surface area (Å²) in [5.41, 5.74) is 1.73. The largest absolute Gasteiger partial charge is 0.319 e. The molecule has 1 N–H and O–H groups in total. The van der Waals surface area contributed by atoms with Gasteiger partial charge in [-0.25, -0.2) is 9.37 Å². The smallest absolute Gasteiger partial charge is 0.260 e. The summed E-state index contributed by atoms with van der Waals surface area (Å²) in [7, 11) is 0. The third-order valence-electron chi connectivity index (χ3n) is 3.04. The second kappa shape index (κ2) is 5.18. The molecule has 1 amide bonds. The van der Waals surface area contributed by atoms with Crippen LogP contribution in [0.25, 0.3) is 5.65 Å². The number of aromatic nitrogens is 2. The van der Waals surface area contributed by atoms with Crippen LogP contribution in [0.2, 0.25) is 5.02 Å². The Morgan fingerprint density at radius 3 is 2.90 bits per heavy atom. The van der Waals surface area contributed by atoms with E-state index in [4.69, 9.17) is 11.6 Å².